The number of hydrogen-bond acceptors (Lipinski definition) is 3. The van der Waals surface area contributed by atoms with Gasteiger partial charge in [-0.05, 0) is 18.9 Å². The molecule has 1 aromatic rings. The SMILES string of the molecule is N=C(N)c1csc(C2(N)CC2)c1. The van der Waals surface area contributed by atoms with Crippen LogP contribution in [0.2, 0.25) is 0 Å². The minimum atomic E-state index is -0.0850. The Balaban J connectivity index is 2.30. The van der Waals surface area contributed by atoms with E-state index in [9.17, 15) is 0 Å². The molecule has 12 heavy (non-hydrogen) atoms. The molecule has 0 aliphatic heterocycles. The first-order valence-electron chi connectivity index (χ1n) is 3.84. The molecule has 0 bridgehead atoms. The second-order valence-corrected chi connectivity index (χ2v) is 4.18. The van der Waals surface area contributed by atoms with E-state index in [1.54, 1.807) is 11.3 Å². The Morgan fingerprint density at radius 2 is 2.25 bits per heavy atom. The van der Waals surface area contributed by atoms with Crippen molar-refractivity contribution in [2.45, 2.75) is 18.4 Å². The fraction of sp³-hybridized carbons (Fsp3) is 0.375. The van der Waals surface area contributed by atoms with Gasteiger partial charge in [0.15, 0.2) is 0 Å². The van der Waals surface area contributed by atoms with Crippen LogP contribution in [-0.2, 0) is 5.54 Å². The molecule has 1 heterocycles. The van der Waals surface area contributed by atoms with Gasteiger partial charge in [0.05, 0.1) is 5.54 Å². The fourth-order valence-electron chi connectivity index (χ4n) is 1.12. The number of amidine groups is 1. The summed E-state index contributed by atoms with van der Waals surface area (Å²) >= 11 is 1.60. The quantitative estimate of drug-likeness (QED) is 0.470. The van der Waals surface area contributed by atoms with Gasteiger partial charge in [-0.1, -0.05) is 0 Å². The monoisotopic (exact) mass is 181 g/mol. The van der Waals surface area contributed by atoms with Gasteiger partial charge >= 0.3 is 0 Å². The maximum absolute atomic E-state index is 7.22. The van der Waals surface area contributed by atoms with Crippen molar-refractivity contribution in [1.82, 2.24) is 0 Å². The minimum absolute atomic E-state index is 0.0850. The Morgan fingerprint density at radius 3 is 2.67 bits per heavy atom. The number of thiophene rings is 1. The first-order valence-corrected chi connectivity index (χ1v) is 4.72. The molecular formula is C8H11N3S. The van der Waals surface area contributed by atoms with Crippen LogP contribution in [0, 0.1) is 5.41 Å². The third-order valence-corrected chi connectivity index (χ3v) is 3.34. The van der Waals surface area contributed by atoms with Crippen molar-refractivity contribution in [3.05, 3.63) is 21.9 Å². The van der Waals surface area contributed by atoms with Crippen LogP contribution in [0.5, 0.6) is 0 Å². The van der Waals surface area contributed by atoms with Gasteiger partial charge in [-0.15, -0.1) is 11.3 Å². The normalized spacial score (nSPS) is 19.1. The first kappa shape index (κ1) is 7.76. The van der Waals surface area contributed by atoms with Crippen molar-refractivity contribution in [3.8, 4) is 0 Å². The third kappa shape index (κ3) is 1.13. The summed E-state index contributed by atoms with van der Waals surface area (Å²) in [6.07, 6.45) is 2.12. The van der Waals surface area contributed by atoms with Crippen molar-refractivity contribution < 1.29 is 0 Å². The molecule has 0 saturated heterocycles. The Bertz CT molecular complexity index is 325. The van der Waals surface area contributed by atoms with E-state index in [1.807, 2.05) is 11.4 Å². The molecular weight excluding hydrogens is 170 g/mol. The molecule has 3 nitrogen and oxygen atoms in total. The summed E-state index contributed by atoms with van der Waals surface area (Å²) in [5.74, 6) is 0.127. The van der Waals surface area contributed by atoms with E-state index in [0.29, 0.717) is 0 Å². The molecule has 1 aliphatic carbocycles. The summed E-state index contributed by atoms with van der Waals surface area (Å²) in [6, 6.07) is 1.93. The Hall–Kier alpha value is -0.870. The molecule has 1 aromatic heterocycles. The molecule has 5 N–H and O–H groups in total. The molecule has 0 spiro atoms. The highest BCUT2D eigenvalue weighted by Crippen LogP contribution is 2.45. The zero-order valence-electron chi connectivity index (χ0n) is 6.63. The predicted molar refractivity (Wildman–Crippen MR) is 50.4 cm³/mol. The Morgan fingerprint density at radius 1 is 1.58 bits per heavy atom. The maximum atomic E-state index is 7.22. The fourth-order valence-corrected chi connectivity index (χ4v) is 2.20. The van der Waals surface area contributed by atoms with Gasteiger partial charge in [-0.25, -0.2) is 0 Å². The number of nitrogens with two attached hydrogens (primary N) is 2. The Kier molecular flexibility index (Phi) is 1.49. The predicted octanol–water partition coefficient (Wildman–Crippen LogP) is 0.980. The van der Waals surface area contributed by atoms with Crippen LogP contribution in [0.15, 0.2) is 11.4 Å². The van der Waals surface area contributed by atoms with E-state index in [0.717, 1.165) is 23.3 Å². The van der Waals surface area contributed by atoms with Crippen LogP contribution in [0.1, 0.15) is 23.3 Å². The molecule has 0 aromatic carbocycles. The second kappa shape index (κ2) is 2.31. The zero-order valence-corrected chi connectivity index (χ0v) is 7.45. The summed E-state index contributed by atoms with van der Waals surface area (Å²) in [7, 11) is 0. The maximum Gasteiger partial charge on any atom is 0.123 e. The smallest absolute Gasteiger partial charge is 0.123 e. The summed E-state index contributed by atoms with van der Waals surface area (Å²) in [4.78, 5) is 1.16. The van der Waals surface area contributed by atoms with Crippen LogP contribution < -0.4 is 11.5 Å². The van der Waals surface area contributed by atoms with E-state index in [2.05, 4.69) is 0 Å². The minimum Gasteiger partial charge on any atom is -0.384 e. The standard InChI is InChI=1S/C8H11N3S/c9-7(10)5-3-6(12-4-5)8(11)1-2-8/h3-4H,1-2,11H2,(H3,9,10). The topological polar surface area (TPSA) is 75.9 Å². The summed E-state index contributed by atoms with van der Waals surface area (Å²) in [5.41, 5.74) is 12.0. The van der Waals surface area contributed by atoms with E-state index < -0.39 is 0 Å². The molecule has 1 saturated carbocycles. The average Bonchev–Trinajstić information content (AvgIpc) is 2.61. The Labute approximate surface area is 74.9 Å². The lowest BCUT2D eigenvalue weighted by Crippen LogP contribution is -2.17. The van der Waals surface area contributed by atoms with E-state index in [1.165, 1.54) is 0 Å². The average molecular weight is 181 g/mol. The molecule has 4 heteroatoms. The lowest BCUT2D eigenvalue weighted by atomic mass is 10.2. The summed E-state index contributed by atoms with van der Waals surface area (Å²) in [5, 5.41) is 9.11. The van der Waals surface area contributed by atoms with Gasteiger partial charge in [0, 0.05) is 15.8 Å². The highest BCUT2D eigenvalue weighted by Gasteiger charge is 2.41. The second-order valence-electron chi connectivity index (χ2n) is 3.27. The molecule has 0 radical (unpaired) electrons. The van der Waals surface area contributed by atoms with E-state index in [4.69, 9.17) is 16.9 Å². The highest BCUT2D eigenvalue weighted by atomic mass is 32.1. The molecule has 64 valence electrons. The van der Waals surface area contributed by atoms with Gasteiger partial charge < -0.3 is 11.5 Å². The van der Waals surface area contributed by atoms with E-state index in [-0.39, 0.29) is 11.4 Å². The van der Waals surface area contributed by atoms with Crippen molar-refractivity contribution in [2.75, 3.05) is 0 Å². The van der Waals surface area contributed by atoms with Crippen LogP contribution in [-0.4, -0.2) is 5.84 Å². The van der Waals surface area contributed by atoms with Gasteiger partial charge in [0.1, 0.15) is 5.84 Å². The van der Waals surface area contributed by atoms with Gasteiger partial charge in [-0.3, -0.25) is 5.41 Å². The van der Waals surface area contributed by atoms with Crippen molar-refractivity contribution in [3.63, 3.8) is 0 Å². The van der Waals surface area contributed by atoms with Crippen molar-refractivity contribution in [1.29, 1.82) is 5.41 Å². The molecule has 0 atom stereocenters. The van der Waals surface area contributed by atoms with Crippen molar-refractivity contribution in [2.24, 2.45) is 11.5 Å². The molecule has 0 unspecified atom stereocenters. The third-order valence-electron chi connectivity index (χ3n) is 2.19. The summed E-state index contributed by atoms with van der Waals surface area (Å²) < 4.78 is 0. The number of hydrogen-bond donors (Lipinski definition) is 3. The lowest BCUT2D eigenvalue weighted by Gasteiger charge is -2.02. The molecule has 1 aliphatic rings. The largest absolute Gasteiger partial charge is 0.384 e. The van der Waals surface area contributed by atoms with Gasteiger partial charge in [-0.2, -0.15) is 0 Å². The molecule has 2 rings (SSSR count). The van der Waals surface area contributed by atoms with Gasteiger partial charge in [0.25, 0.3) is 0 Å². The number of rotatable bonds is 2. The van der Waals surface area contributed by atoms with Gasteiger partial charge in [0.2, 0.25) is 0 Å². The molecule has 1 fully saturated rings. The van der Waals surface area contributed by atoms with E-state index >= 15 is 0 Å². The van der Waals surface area contributed by atoms with Crippen LogP contribution in [0.25, 0.3) is 0 Å². The summed E-state index contributed by atoms with van der Waals surface area (Å²) in [6.45, 7) is 0. The zero-order chi connectivity index (χ0) is 8.77. The lowest BCUT2D eigenvalue weighted by molar-refractivity contribution is 0.759. The highest BCUT2D eigenvalue weighted by molar-refractivity contribution is 7.10. The number of nitrogen functional groups attached to an aromatic ring is 1. The first-order chi connectivity index (χ1) is 5.62. The van der Waals surface area contributed by atoms with Crippen LogP contribution in [0.3, 0.4) is 0 Å². The molecule has 0 amide bonds. The van der Waals surface area contributed by atoms with Crippen LogP contribution >= 0.6 is 11.3 Å². The van der Waals surface area contributed by atoms with Crippen molar-refractivity contribution >= 4 is 17.2 Å². The van der Waals surface area contributed by atoms with Crippen LogP contribution in [0.4, 0.5) is 0 Å². The number of nitrogens with one attached hydrogen (secondary N) is 1.